The van der Waals surface area contributed by atoms with E-state index in [1.807, 2.05) is 36.6 Å². The van der Waals surface area contributed by atoms with Crippen LogP contribution in [0.5, 0.6) is 0 Å². The molecule has 1 aliphatic heterocycles. The summed E-state index contributed by atoms with van der Waals surface area (Å²) in [5, 5.41) is 9.06. The Hall–Kier alpha value is -1.92. The molecule has 1 aromatic heterocycles. The van der Waals surface area contributed by atoms with Crippen LogP contribution in [0.2, 0.25) is 0 Å². The van der Waals surface area contributed by atoms with E-state index >= 15 is 0 Å². The van der Waals surface area contributed by atoms with Crippen LogP contribution >= 0.6 is 11.3 Å². The van der Waals surface area contributed by atoms with E-state index in [4.69, 9.17) is 4.74 Å². The van der Waals surface area contributed by atoms with Gasteiger partial charge in [-0.15, -0.1) is 11.3 Å². The maximum atomic E-state index is 12.1. The van der Waals surface area contributed by atoms with Crippen molar-refractivity contribution in [3.8, 4) is 10.6 Å². The quantitative estimate of drug-likeness (QED) is 0.897. The highest BCUT2D eigenvalue weighted by Gasteiger charge is 2.16. The molecular weight excluding hydrogens is 310 g/mol. The van der Waals surface area contributed by atoms with Crippen LogP contribution < -0.4 is 10.6 Å². The molecule has 0 radical (unpaired) electrons. The van der Waals surface area contributed by atoms with Crippen molar-refractivity contribution in [2.45, 2.75) is 19.8 Å². The van der Waals surface area contributed by atoms with Crippen molar-refractivity contribution in [1.82, 2.24) is 10.3 Å². The third kappa shape index (κ3) is 4.30. The van der Waals surface area contributed by atoms with Crippen LogP contribution in [-0.2, 0) is 4.74 Å². The standard InChI is InChI=1S/C17H21N3O2S/c1-12-11-23-16(19-12)14-4-2-3-5-15(14)20-17(21)22-10-13-6-8-18-9-7-13/h2-5,11,13,18H,6-10H2,1H3,(H,20,21). The van der Waals surface area contributed by atoms with Gasteiger partial charge in [-0.1, -0.05) is 12.1 Å². The summed E-state index contributed by atoms with van der Waals surface area (Å²) < 4.78 is 5.39. The van der Waals surface area contributed by atoms with Crippen LogP contribution in [0.25, 0.3) is 10.6 Å². The predicted octanol–water partition coefficient (Wildman–Crippen LogP) is 3.67. The summed E-state index contributed by atoms with van der Waals surface area (Å²) in [5.41, 5.74) is 2.63. The van der Waals surface area contributed by atoms with Crippen LogP contribution in [0.4, 0.5) is 10.5 Å². The van der Waals surface area contributed by atoms with Gasteiger partial charge in [-0.05, 0) is 50.9 Å². The number of benzene rings is 1. The van der Waals surface area contributed by atoms with Gasteiger partial charge >= 0.3 is 6.09 Å². The fourth-order valence-electron chi connectivity index (χ4n) is 2.64. The molecule has 0 saturated carbocycles. The van der Waals surface area contributed by atoms with Crippen molar-refractivity contribution < 1.29 is 9.53 Å². The van der Waals surface area contributed by atoms with Gasteiger partial charge in [-0.2, -0.15) is 0 Å². The van der Waals surface area contributed by atoms with Crippen molar-refractivity contribution in [3.63, 3.8) is 0 Å². The average Bonchev–Trinajstić information content (AvgIpc) is 3.01. The Morgan fingerprint density at radius 1 is 1.39 bits per heavy atom. The van der Waals surface area contributed by atoms with E-state index < -0.39 is 6.09 Å². The molecule has 2 heterocycles. The number of rotatable bonds is 4. The molecule has 0 bridgehead atoms. The molecule has 23 heavy (non-hydrogen) atoms. The second kappa shape index (κ2) is 7.57. The second-order valence-corrected chi connectivity index (χ2v) is 6.61. The van der Waals surface area contributed by atoms with E-state index in [0.29, 0.717) is 12.5 Å². The van der Waals surface area contributed by atoms with Gasteiger partial charge in [0.15, 0.2) is 0 Å². The Balaban J connectivity index is 1.62. The van der Waals surface area contributed by atoms with E-state index in [-0.39, 0.29) is 0 Å². The summed E-state index contributed by atoms with van der Waals surface area (Å²) in [5.74, 6) is 0.457. The van der Waals surface area contributed by atoms with Gasteiger partial charge in [0.25, 0.3) is 0 Å². The van der Waals surface area contributed by atoms with Gasteiger partial charge in [-0.25, -0.2) is 9.78 Å². The summed E-state index contributed by atoms with van der Waals surface area (Å²) in [7, 11) is 0. The van der Waals surface area contributed by atoms with Crippen molar-refractivity contribution in [1.29, 1.82) is 0 Å². The Morgan fingerprint density at radius 2 is 2.17 bits per heavy atom. The first-order valence-electron chi connectivity index (χ1n) is 7.88. The lowest BCUT2D eigenvalue weighted by Gasteiger charge is -2.22. The number of amides is 1. The number of aromatic nitrogens is 1. The van der Waals surface area contributed by atoms with Gasteiger partial charge in [0.05, 0.1) is 12.3 Å². The van der Waals surface area contributed by atoms with Crippen LogP contribution in [0, 0.1) is 12.8 Å². The number of hydrogen-bond acceptors (Lipinski definition) is 5. The molecule has 2 N–H and O–H groups in total. The zero-order valence-corrected chi connectivity index (χ0v) is 14.0. The fraction of sp³-hybridized carbons (Fsp3) is 0.412. The van der Waals surface area contributed by atoms with Crippen LogP contribution in [-0.4, -0.2) is 30.8 Å². The van der Waals surface area contributed by atoms with Gasteiger partial charge in [-0.3, -0.25) is 5.32 Å². The molecule has 3 rings (SSSR count). The highest BCUT2D eigenvalue weighted by Crippen LogP contribution is 2.30. The van der Waals surface area contributed by atoms with Crippen molar-refractivity contribution >= 4 is 23.1 Å². The Bertz CT molecular complexity index is 665. The molecule has 0 unspecified atom stereocenters. The Morgan fingerprint density at radius 3 is 2.91 bits per heavy atom. The Kier molecular flexibility index (Phi) is 5.25. The third-order valence-corrected chi connectivity index (χ3v) is 4.92. The number of ether oxygens (including phenoxy) is 1. The lowest BCUT2D eigenvalue weighted by atomic mass is 9.99. The summed E-state index contributed by atoms with van der Waals surface area (Å²) in [6, 6.07) is 7.67. The lowest BCUT2D eigenvalue weighted by Crippen LogP contribution is -2.31. The number of nitrogens with one attached hydrogen (secondary N) is 2. The predicted molar refractivity (Wildman–Crippen MR) is 92.9 cm³/mol. The molecular formula is C17H21N3O2S. The molecule has 0 atom stereocenters. The molecule has 1 saturated heterocycles. The highest BCUT2D eigenvalue weighted by atomic mass is 32.1. The molecule has 6 heteroatoms. The van der Waals surface area contributed by atoms with Crippen molar-refractivity contribution in [2.24, 2.45) is 5.92 Å². The zero-order chi connectivity index (χ0) is 16.1. The largest absolute Gasteiger partial charge is 0.449 e. The molecule has 1 amide bonds. The molecule has 1 aliphatic rings. The SMILES string of the molecule is Cc1csc(-c2ccccc2NC(=O)OCC2CCNCC2)n1. The smallest absolute Gasteiger partial charge is 0.411 e. The number of nitrogens with zero attached hydrogens (tertiary/aromatic N) is 1. The Labute approximate surface area is 140 Å². The average molecular weight is 331 g/mol. The minimum atomic E-state index is -0.399. The molecule has 2 aromatic rings. The molecule has 1 aromatic carbocycles. The maximum absolute atomic E-state index is 12.1. The second-order valence-electron chi connectivity index (χ2n) is 5.76. The van der Waals surface area contributed by atoms with E-state index in [1.54, 1.807) is 11.3 Å². The van der Waals surface area contributed by atoms with E-state index in [0.717, 1.165) is 47.9 Å². The minimum Gasteiger partial charge on any atom is -0.449 e. The zero-order valence-electron chi connectivity index (χ0n) is 13.2. The fourth-order valence-corrected chi connectivity index (χ4v) is 3.48. The number of anilines is 1. The van der Waals surface area contributed by atoms with Crippen LogP contribution in [0.15, 0.2) is 29.6 Å². The third-order valence-electron chi connectivity index (χ3n) is 3.92. The molecule has 5 nitrogen and oxygen atoms in total. The van der Waals surface area contributed by atoms with E-state index in [9.17, 15) is 4.79 Å². The first-order chi connectivity index (χ1) is 11.2. The summed E-state index contributed by atoms with van der Waals surface area (Å²) in [6.07, 6.45) is 1.72. The molecule has 0 spiro atoms. The lowest BCUT2D eigenvalue weighted by molar-refractivity contribution is 0.131. The molecule has 122 valence electrons. The van der Waals surface area contributed by atoms with Gasteiger partial charge < -0.3 is 10.1 Å². The number of carbonyl (C=O) groups excluding carboxylic acids is 1. The van der Waals surface area contributed by atoms with E-state index in [1.165, 1.54) is 0 Å². The van der Waals surface area contributed by atoms with Gasteiger partial charge in [0, 0.05) is 16.6 Å². The number of hydrogen-bond donors (Lipinski definition) is 2. The number of aryl methyl sites for hydroxylation is 1. The van der Waals surface area contributed by atoms with E-state index in [2.05, 4.69) is 15.6 Å². The molecule has 1 fully saturated rings. The topological polar surface area (TPSA) is 63.2 Å². The van der Waals surface area contributed by atoms with Crippen LogP contribution in [0.3, 0.4) is 0 Å². The number of piperidine rings is 1. The van der Waals surface area contributed by atoms with Gasteiger partial charge in [0.2, 0.25) is 0 Å². The number of carbonyl (C=O) groups is 1. The summed E-state index contributed by atoms with van der Waals surface area (Å²) in [6.45, 7) is 4.44. The normalized spacial score (nSPS) is 15.3. The van der Waals surface area contributed by atoms with Gasteiger partial charge in [0.1, 0.15) is 5.01 Å². The summed E-state index contributed by atoms with van der Waals surface area (Å²) in [4.78, 5) is 16.6. The van der Waals surface area contributed by atoms with Crippen molar-refractivity contribution in [2.75, 3.05) is 25.0 Å². The first-order valence-corrected chi connectivity index (χ1v) is 8.76. The van der Waals surface area contributed by atoms with Crippen LogP contribution in [0.1, 0.15) is 18.5 Å². The number of para-hydroxylation sites is 1. The first kappa shape index (κ1) is 16.0. The minimum absolute atomic E-state index is 0.399. The van der Waals surface area contributed by atoms with Crippen molar-refractivity contribution in [3.05, 3.63) is 35.3 Å². The maximum Gasteiger partial charge on any atom is 0.411 e. The summed E-state index contributed by atoms with van der Waals surface area (Å²) >= 11 is 1.57. The monoisotopic (exact) mass is 331 g/mol. The molecule has 0 aliphatic carbocycles. The number of thiazole rings is 1. The highest BCUT2D eigenvalue weighted by molar-refractivity contribution is 7.13.